The van der Waals surface area contributed by atoms with Crippen LogP contribution in [0.5, 0.6) is 0 Å². The second kappa shape index (κ2) is 6.29. The van der Waals surface area contributed by atoms with Crippen LogP contribution < -0.4 is 5.32 Å². The summed E-state index contributed by atoms with van der Waals surface area (Å²) in [6.07, 6.45) is 3.16. The maximum atomic E-state index is 9.64. The van der Waals surface area contributed by atoms with Crippen LogP contribution in [0.4, 0.5) is 5.82 Å². The molecule has 0 unspecified atom stereocenters. The topological polar surface area (TPSA) is 53.1 Å². The van der Waals surface area contributed by atoms with E-state index in [0.717, 1.165) is 53.9 Å². The molecule has 0 amide bonds. The number of imidazole rings is 1. The van der Waals surface area contributed by atoms with Crippen molar-refractivity contribution in [2.75, 3.05) is 11.9 Å². The molecule has 4 heteroatoms. The summed E-state index contributed by atoms with van der Waals surface area (Å²) in [6.45, 7) is 7.28. The number of rotatable bonds is 5. The average Bonchev–Trinajstić information content (AvgIpc) is 2.94. The van der Waals surface area contributed by atoms with Crippen molar-refractivity contribution in [2.24, 2.45) is 0 Å². The first-order chi connectivity index (χ1) is 11.2. The minimum Gasteiger partial charge on any atom is -0.371 e. The highest BCUT2D eigenvalue weighted by atomic mass is 15.1. The van der Waals surface area contributed by atoms with Gasteiger partial charge in [0.2, 0.25) is 0 Å². The van der Waals surface area contributed by atoms with Gasteiger partial charge in [0.25, 0.3) is 0 Å². The monoisotopic (exact) mass is 306 g/mol. The molecular formula is C19H22N4. The van der Waals surface area contributed by atoms with Crippen molar-refractivity contribution in [3.8, 4) is 6.07 Å². The molecular weight excluding hydrogens is 284 g/mol. The van der Waals surface area contributed by atoms with Crippen LogP contribution in [0, 0.1) is 18.3 Å². The zero-order valence-electron chi connectivity index (χ0n) is 14.0. The number of aromatic nitrogens is 2. The number of nitriles is 1. The first kappa shape index (κ1) is 15.4. The van der Waals surface area contributed by atoms with E-state index in [1.165, 1.54) is 5.56 Å². The van der Waals surface area contributed by atoms with E-state index in [0.29, 0.717) is 5.56 Å². The van der Waals surface area contributed by atoms with E-state index in [1.54, 1.807) is 0 Å². The fraction of sp³-hybridized carbons (Fsp3) is 0.368. The van der Waals surface area contributed by atoms with Crippen LogP contribution in [-0.2, 0) is 6.42 Å². The van der Waals surface area contributed by atoms with Gasteiger partial charge in [0.05, 0.1) is 16.6 Å². The number of unbranched alkanes of at least 4 members (excludes halogenated alkanes) is 1. The third-order valence-corrected chi connectivity index (χ3v) is 4.41. The van der Waals surface area contributed by atoms with E-state index in [-0.39, 0.29) is 0 Å². The Morgan fingerprint density at radius 2 is 2.04 bits per heavy atom. The van der Waals surface area contributed by atoms with Crippen molar-refractivity contribution in [1.82, 2.24) is 9.38 Å². The lowest BCUT2D eigenvalue weighted by molar-refractivity contribution is 0.826. The van der Waals surface area contributed by atoms with Gasteiger partial charge in [-0.05, 0) is 43.0 Å². The van der Waals surface area contributed by atoms with Gasteiger partial charge in [0.1, 0.15) is 11.9 Å². The minimum absolute atomic E-state index is 0.680. The average molecular weight is 306 g/mol. The summed E-state index contributed by atoms with van der Waals surface area (Å²) in [4.78, 5) is 4.71. The number of nitrogens with one attached hydrogen (secondary N) is 1. The maximum Gasteiger partial charge on any atom is 0.157 e. The number of fused-ring (bicyclic) bond motifs is 3. The summed E-state index contributed by atoms with van der Waals surface area (Å²) >= 11 is 0. The molecule has 0 saturated carbocycles. The zero-order chi connectivity index (χ0) is 16.4. The molecule has 2 heterocycles. The van der Waals surface area contributed by atoms with Gasteiger partial charge in [0, 0.05) is 6.54 Å². The standard InChI is InChI=1S/C19H22N4/c1-4-6-11-21-18-14(5-2)13(3)15(12-20)19-22-16-9-7-8-10-17(16)23(18)19/h7-10,21H,4-6,11H2,1-3H3. The Kier molecular flexibility index (Phi) is 4.20. The van der Waals surface area contributed by atoms with Crippen molar-refractivity contribution in [3.63, 3.8) is 0 Å². The number of para-hydroxylation sites is 2. The normalized spacial score (nSPS) is 11.0. The van der Waals surface area contributed by atoms with Gasteiger partial charge in [0.15, 0.2) is 5.65 Å². The fourth-order valence-corrected chi connectivity index (χ4v) is 3.19. The Bertz CT molecular complexity index is 899. The molecule has 3 rings (SSSR count). The van der Waals surface area contributed by atoms with E-state index in [9.17, 15) is 5.26 Å². The van der Waals surface area contributed by atoms with E-state index >= 15 is 0 Å². The summed E-state index contributed by atoms with van der Waals surface area (Å²) in [5.41, 5.74) is 5.65. The Morgan fingerprint density at radius 1 is 1.26 bits per heavy atom. The van der Waals surface area contributed by atoms with Gasteiger partial charge in [-0.1, -0.05) is 32.4 Å². The van der Waals surface area contributed by atoms with Crippen LogP contribution in [0.25, 0.3) is 16.7 Å². The second-order valence-electron chi connectivity index (χ2n) is 5.83. The molecule has 0 fully saturated rings. The van der Waals surface area contributed by atoms with Crippen molar-refractivity contribution < 1.29 is 0 Å². The van der Waals surface area contributed by atoms with Crippen molar-refractivity contribution in [1.29, 1.82) is 5.26 Å². The molecule has 4 nitrogen and oxygen atoms in total. The molecule has 1 aromatic carbocycles. The van der Waals surface area contributed by atoms with E-state index in [1.807, 2.05) is 25.1 Å². The molecule has 0 aliphatic rings. The Hall–Kier alpha value is -2.54. The number of anilines is 1. The Labute approximate surface area is 136 Å². The van der Waals surface area contributed by atoms with Crippen LogP contribution in [0.15, 0.2) is 24.3 Å². The lowest BCUT2D eigenvalue weighted by Gasteiger charge is -2.17. The molecule has 0 bridgehead atoms. The second-order valence-corrected chi connectivity index (χ2v) is 5.83. The molecule has 3 aromatic rings. The van der Waals surface area contributed by atoms with Crippen LogP contribution in [-0.4, -0.2) is 15.9 Å². The summed E-state index contributed by atoms with van der Waals surface area (Å²) in [6, 6.07) is 10.4. The molecule has 0 radical (unpaired) electrons. The number of benzene rings is 1. The Balaban J connectivity index is 2.39. The maximum absolute atomic E-state index is 9.64. The van der Waals surface area contributed by atoms with Gasteiger partial charge < -0.3 is 5.32 Å². The van der Waals surface area contributed by atoms with E-state index < -0.39 is 0 Å². The quantitative estimate of drug-likeness (QED) is 0.709. The van der Waals surface area contributed by atoms with Gasteiger partial charge in [-0.15, -0.1) is 0 Å². The number of pyridine rings is 1. The Morgan fingerprint density at radius 3 is 2.74 bits per heavy atom. The smallest absolute Gasteiger partial charge is 0.157 e. The predicted octanol–water partition coefficient (Wildman–Crippen LogP) is 4.44. The first-order valence-electron chi connectivity index (χ1n) is 8.29. The van der Waals surface area contributed by atoms with Crippen molar-refractivity contribution in [2.45, 2.75) is 40.0 Å². The minimum atomic E-state index is 0.680. The molecule has 23 heavy (non-hydrogen) atoms. The highest BCUT2D eigenvalue weighted by Gasteiger charge is 2.19. The summed E-state index contributed by atoms with van der Waals surface area (Å²) < 4.78 is 2.12. The van der Waals surface area contributed by atoms with Crippen molar-refractivity contribution in [3.05, 3.63) is 41.0 Å². The molecule has 0 aliphatic heterocycles. The summed E-state index contributed by atoms with van der Waals surface area (Å²) in [5, 5.41) is 13.2. The van der Waals surface area contributed by atoms with Crippen LogP contribution in [0.1, 0.15) is 43.4 Å². The molecule has 0 spiro atoms. The molecule has 0 atom stereocenters. The van der Waals surface area contributed by atoms with Crippen molar-refractivity contribution >= 4 is 22.5 Å². The van der Waals surface area contributed by atoms with Gasteiger partial charge in [-0.2, -0.15) is 5.26 Å². The highest BCUT2D eigenvalue weighted by Crippen LogP contribution is 2.31. The number of hydrogen-bond donors (Lipinski definition) is 1. The third kappa shape index (κ3) is 2.43. The predicted molar refractivity (Wildman–Crippen MR) is 94.9 cm³/mol. The van der Waals surface area contributed by atoms with Crippen LogP contribution in [0.3, 0.4) is 0 Å². The zero-order valence-corrected chi connectivity index (χ0v) is 14.0. The van der Waals surface area contributed by atoms with Gasteiger partial charge >= 0.3 is 0 Å². The first-order valence-corrected chi connectivity index (χ1v) is 8.29. The third-order valence-electron chi connectivity index (χ3n) is 4.41. The van der Waals surface area contributed by atoms with Gasteiger partial charge in [-0.3, -0.25) is 4.40 Å². The molecule has 2 aromatic heterocycles. The molecule has 0 aliphatic carbocycles. The summed E-state index contributed by atoms with van der Waals surface area (Å²) in [7, 11) is 0. The summed E-state index contributed by atoms with van der Waals surface area (Å²) in [5.74, 6) is 1.08. The van der Waals surface area contributed by atoms with Crippen LogP contribution in [0.2, 0.25) is 0 Å². The number of nitrogens with zero attached hydrogens (tertiary/aromatic N) is 3. The van der Waals surface area contributed by atoms with Crippen LogP contribution >= 0.6 is 0 Å². The number of hydrogen-bond acceptors (Lipinski definition) is 3. The van der Waals surface area contributed by atoms with E-state index in [2.05, 4.69) is 35.7 Å². The SMILES string of the molecule is CCCCNc1c(CC)c(C)c(C#N)c2nc3ccccc3n12. The van der Waals surface area contributed by atoms with Gasteiger partial charge in [-0.25, -0.2) is 4.98 Å². The lowest BCUT2D eigenvalue weighted by Crippen LogP contribution is -2.11. The molecule has 118 valence electrons. The highest BCUT2D eigenvalue weighted by molar-refractivity contribution is 5.86. The largest absolute Gasteiger partial charge is 0.371 e. The molecule has 0 saturated heterocycles. The fourth-order valence-electron chi connectivity index (χ4n) is 3.19. The van der Waals surface area contributed by atoms with E-state index in [4.69, 9.17) is 4.98 Å². The molecule has 1 N–H and O–H groups in total. The lowest BCUT2D eigenvalue weighted by atomic mass is 10.0.